The fraction of sp³-hybridized carbons (Fsp3) is 0.100. The van der Waals surface area contributed by atoms with Crippen molar-refractivity contribution in [3.8, 4) is 5.75 Å². The fourth-order valence-corrected chi connectivity index (χ4v) is 2.84. The Labute approximate surface area is 164 Å². The molecule has 1 heterocycles. The molecule has 6 nitrogen and oxygen atoms in total. The summed E-state index contributed by atoms with van der Waals surface area (Å²) in [5.41, 5.74) is 1.33. The van der Waals surface area contributed by atoms with Crippen molar-refractivity contribution in [3.63, 3.8) is 0 Å². The summed E-state index contributed by atoms with van der Waals surface area (Å²) >= 11 is 3.35. The lowest BCUT2D eigenvalue weighted by Crippen LogP contribution is -2.22. The number of nitrogens with one attached hydrogen (secondary N) is 2. The summed E-state index contributed by atoms with van der Waals surface area (Å²) in [7, 11) is 1.50. The summed E-state index contributed by atoms with van der Waals surface area (Å²) in [6, 6.07) is 15.4. The number of amides is 2. The molecule has 138 valence electrons. The summed E-state index contributed by atoms with van der Waals surface area (Å²) in [5.74, 6) is 0.529. The minimum Gasteiger partial charge on any atom is -0.496 e. The number of halogens is 1. The van der Waals surface area contributed by atoms with E-state index in [0.29, 0.717) is 28.3 Å². The van der Waals surface area contributed by atoms with Gasteiger partial charge in [-0.15, -0.1) is 0 Å². The van der Waals surface area contributed by atoms with Gasteiger partial charge in [0.05, 0.1) is 25.5 Å². The van der Waals surface area contributed by atoms with Crippen molar-refractivity contribution in [1.29, 1.82) is 0 Å². The number of carbonyl (C=O) groups excluding carboxylic acids is 2. The summed E-state index contributed by atoms with van der Waals surface area (Å²) in [4.78, 5) is 24.9. The van der Waals surface area contributed by atoms with Crippen molar-refractivity contribution in [2.24, 2.45) is 0 Å². The number of benzene rings is 2. The average Bonchev–Trinajstić information content (AvgIpc) is 3.20. The highest BCUT2D eigenvalue weighted by Crippen LogP contribution is 2.24. The SMILES string of the molecule is COc1ccc(Br)cc1C(=O)Nc1cccc(C(=O)NCc2ccco2)c1. The monoisotopic (exact) mass is 428 g/mol. The molecule has 0 aliphatic rings. The van der Waals surface area contributed by atoms with Crippen LogP contribution in [0.4, 0.5) is 5.69 Å². The molecular formula is C20H17BrN2O4. The maximum atomic E-state index is 12.6. The van der Waals surface area contributed by atoms with E-state index in [0.717, 1.165) is 4.47 Å². The van der Waals surface area contributed by atoms with Crippen LogP contribution < -0.4 is 15.4 Å². The van der Waals surface area contributed by atoms with E-state index >= 15 is 0 Å². The van der Waals surface area contributed by atoms with Crippen LogP contribution in [0.1, 0.15) is 26.5 Å². The smallest absolute Gasteiger partial charge is 0.259 e. The molecule has 0 radical (unpaired) electrons. The number of hydrogen-bond donors (Lipinski definition) is 2. The number of rotatable bonds is 6. The van der Waals surface area contributed by atoms with Crippen molar-refractivity contribution < 1.29 is 18.7 Å². The van der Waals surface area contributed by atoms with Crippen molar-refractivity contribution in [2.75, 3.05) is 12.4 Å². The van der Waals surface area contributed by atoms with Crippen molar-refractivity contribution in [3.05, 3.63) is 82.2 Å². The maximum absolute atomic E-state index is 12.6. The first-order valence-corrected chi connectivity index (χ1v) is 8.91. The van der Waals surface area contributed by atoms with Gasteiger partial charge in [0, 0.05) is 15.7 Å². The van der Waals surface area contributed by atoms with Gasteiger partial charge in [-0.2, -0.15) is 0 Å². The number of hydrogen-bond acceptors (Lipinski definition) is 4. The number of carbonyl (C=O) groups is 2. The largest absolute Gasteiger partial charge is 0.496 e. The van der Waals surface area contributed by atoms with E-state index in [1.807, 2.05) is 0 Å². The zero-order valence-corrected chi connectivity index (χ0v) is 16.1. The zero-order chi connectivity index (χ0) is 19.2. The molecule has 2 amide bonds. The van der Waals surface area contributed by atoms with E-state index in [2.05, 4.69) is 26.6 Å². The Hall–Kier alpha value is -3.06. The summed E-state index contributed by atoms with van der Waals surface area (Å²) in [6.07, 6.45) is 1.55. The fourth-order valence-electron chi connectivity index (χ4n) is 2.48. The van der Waals surface area contributed by atoms with Gasteiger partial charge >= 0.3 is 0 Å². The molecule has 0 saturated heterocycles. The molecule has 0 aliphatic heterocycles. The Morgan fingerprint density at radius 2 is 1.93 bits per heavy atom. The van der Waals surface area contributed by atoms with Crippen LogP contribution in [0.3, 0.4) is 0 Å². The molecule has 0 atom stereocenters. The molecule has 0 bridgehead atoms. The maximum Gasteiger partial charge on any atom is 0.259 e. The molecule has 2 N–H and O–H groups in total. The lowest BCUT2D eigenvalue weighted by Gasteiger charge is -2.11. The summed E-state index contributed by atoms with van der Waals surface area (Å²) < 4.78 is 11.2. The third-order valence-electron chi connectivity index (χ3n) is 3.79. The normalized spacial score (nSPS) is 10.3. The van der Waals surface area contributed by atoms with E-state index in [9.17, 15) is 9.59 Å². The van der Waals surface area contributed by atoms with E-state index in [4.69, 9.17) is 9.15 Å². The van der Waals surface area contributed by atoms with Gasteiger partial charge in [-0.3, -0.25) is 9.59 Å². The van der Waals surface area contributed by atoms with Crippen molar-refractivity contribution >= 4 is 33.4 Å². The van der Waals surface area contributed by atoms with E-state index in [1.54, 1.807) is 60.9 Å². The molecule has 0 saturated carbocycles. The van der Waals surface area contributed by atoms with Crippen LogP contribution in [-0.2, 0) is 6.54 Å². The lowest BCUT2D eigenvalue weighted by atomic mass is 10.1. The van der Waals surface area contributed by atoms with Crippen LogP contribution in [0.2, 0.25) is 0 Å². The van der Waals surface area contributed by atoms with Crippen LogP contribution in [0.15, 0.2) is 69.8 Å². The van der Waals surface area contributed by atoms with E-state index in [-0.39, 0.29) is 18.4 Å². The number of anilines is 1. The Kier molecular flexibility index (Phi) is 5.93. The Morgan fingerprint density at radius 1 is 1.07 bits per heavy atom. The minimum atomic E-state index is -0.332. The van der Waals surface area contributed by atoms with Crippen LogP contribution >= 0.6 is 15.9 Å². The van der Waals surface area contributed by atoms with Gasteiger partial charge in [-0.25, -0.2) is 0 Å². The molecule has 0 aliphatic carbocycles. The minimum absolute atomic E-state index is 0.262. The Bertz CT molecular complexity index is 954. The Balaban J connectivity index is 1.71. The summed E-state index contributed by atoms with van der Waals surface area (Å²) in [6.45, 7) is 0.289. The van der Waals surface area contributed by atoms with Crippen molar-refractivity contribution in [2.45, 2.75) is 6.54 Å². The molecule has 3 rings (SSSR count). The highest BCUT2D eigenvalue weighted by molar-refractivity contribution is 9.10. The molecule has 2 aromatic carbocycles. The summed E-state index contributed by atoms with van der Waals surface area (Å²) in [5, 5.41) is 5.55. The molecular weight excluding hydrogens is 412 g/mol. The second-order valence-corrected chi connectivity index (χ2v) is 6.56. The van der Waals surface area contributed by atoms with Crippen LogP contribution in [0.5, 0.6) is 5.75 Å². The number of furan rings is 1. The van der Waals surface area contributed by atoms with Gasteiger partial charge in [0.1, 0.15) is 11.5 Å². The molecule has 3 aromatic rings. The molecule has 1 aromatic heterocycles. The van der Waals surface area contributed by atoms with E-state index < -0.39 is 0 Å². The third kappa shape index (κ3) is 4.77. The van der Waals surface area contributed by atoms with Gasteiger partial charge in [-0.1, -0.05) is 22.0 Å². The topological polar surface area (TPSA) is 80.6 Å². The van der Waals surface area contributed by atoms with Crippen LogP contribution in [0.25, 0.3) is 0 Å². The average molecular weight is 429 g/mol. The van der Waals surface area contributed by atoms with Crippen LogP contribution in [0, 0.1) is 0 Å². The van der Waals surface area contributed by atoms with Gasteiger partial charge in [0.25, 0.3) is 11.8 Å². The standard InChI is InChI=1S/C20H17BrN2O4/c1-26-18-8-7-14(21)11-17(18)20(25)23-15-5-2-4-13(10-15)19(24)22-12-16-6-3-9-27-16/h2-11H,12H2,1H3,(H,22,24)(H,23,25). The highest BCUT2D eigenvalue weighted by Gasteiger charge is 2.14. The first-order chi connectivity index (χ1) is 13.1. The molecule has 0 spiro atoms. The van der Waals surface area contributed by atoms with E-state index in [1.165, 1.54) is 7.11 Å². The predicted octanol–water partition coefficient (Wildman–Crippen LogP) is 4.23. The van der Waals surface area contributed by atoms with Crippen molar-refractivity contribution in [1.82, 2.24) is 5.32 Å². The first-order valence-electron chi connectivity index (χ1n) is 8.12. The molecule has 0 fully saturated rings. The molecule has 0 unspecified atom stereocenters. The van der Waals surface area contributed by atoms with Gasteiger partial charge in [-0.05, 0) is 48.5 Å². The number of methoxy groups -OCH3 is 1. The third-order valence-corrected chi connectivity index (χ3v) is 4.29. The highest BCUT2D eigenvalue weighted by atomic mass is 79.9. The van der Waals surface area contributed by atoms with Gasteiger partial charge < -0.3 is 19.8 Å². The molecule has 7 heteroatoms. The van der Waals surface area contributed by atoms with Gasteiger partial charge in [0.2, 0.25) is 0 Å². The lowest BCUT2D eigenvalue weighted by molar-refractivity contribution is 0.0946. The Morgan fingerprint density at radius 3 is 2.67 bits per heavy atom. The second kappa shape index (κ2) is 8.55. The predicted molar refractivity (Wildman–Crippen MR) is 105 cm³/mol. The first kappa shape index (κ1) is 18.7. The van der Waals surface area contributed by atoms with Crippen LogP contribution in [-0.4, -0.2) is 18.9 Å². The molecule has 27 heavy (non-hydrogen) atoms. The second-order valence-electron chi connectivity index (χ2n) is 5.64. The quantitative estimate of drug-likeness (QED) is 0.615. The zero-order valence-electron chi connectivity index (χ0n) is 14.5. The van der Waals surface area contributed by atoms with Gasteiger partial charge in [0.15, 0.2) is 0 Å². The number of ether oxygens (including phenoxy) is 1.